The SMILES string of the molecule is CCC(=O)Oc1ccc(C2CC(=O)Nc3ccc4ccccc4c32)cc1OC. The van der Waals surface area contributed by atoms with Gasteiger partial charge in [-0.2, -0.15) is 0 Å². The first-order valence-electron chi connectivity index (χ1n) is 9.30. The first-order chi connectivity index (χ1) is 13.6. The molecular formula is C23H21NO4. The van der Waals surface area contributed by atoms with Crippen LogP contribution in [0.3, 0.4) is 0 Å². The van der Waals surface area contributed by atoms with Gasteiger partial charge in [0.2, 0.25) is 5.91 Å². The first-order valence-corrected chi connectivity index (χ1v) is 9.30. The molecule has 1 atom stereocenters. The summed E-state index contributed by atoms with van der Waals surface area (Å²) < 4.78 is 10.8. The van der Waals surface area contributed by atoms with Crippen molar-refractivity contribution in [1.82, 2.24) is 0 Å². The molecule has 1 heterocycles. The number of carbonyl (C=O) groups excluding carboxylic acids is 2. The Labute approximate surface area is 163 Å². The Kier molecular flexibility index (Phi) is 4.74. The van der Waals surface area contributed by atoms with Crippen molar-refractivity contribution in [2.24, 2.45) is 0 Å². The zero-order chi connectivity index (χ0) is 19.7. The molecule has 5 nitrogen and oxygen atoms in total. The fraction of sp³-hybridized carbons (Fsp3) is 0.217. The van der Waals surface area contributed by atoms with Crippen molar-refractivity contribution >= 4 is 28.3 Å². The molecule has 5 heteroatoms. The van der Waals surface area contributed by atoms with Gasteiger partial charge >= 0.3 is 5.97 Å². The second-order valence-electron chi connectivity index (χ2n) is 6.79. The molecule has 3 aromatic rings. The standard InChI is InChI=1S/C23H21NO4/c1-3-22(26)28-19-11-9-15(12-20(19)27-2)17-13-21(25)24-18-10-8-14-6-4-5-7-16(14)23(17)18/h4-12,17H,3,13H2,1-2H3,(H,24,25). The molecule has 0 radical (unpaired) electrons. The highest BCUT2D eigenvalue weighted by Crippen LogP contribution is 2.43. The van der Waals surface area contributed by atoms with E-state index in [9.17, 15) is 9.59 Å². The molecule has 142 valence electrons. The average Bonchev–Trinajstić information content (AvgIpc) is 2.73. The van der Waals surface area contributed by atoms with E-state index >= 15 is 0 Å². The van der Waals surface area contributed by atoms with E-state index in [1.165, 1.54) is 0 Å². The van der Waals surface area contributed by atoms with Crippen LogP contribution in [0, 0.1) is 0 Å². The molecule has 0 fully saturated rings. The summed E-state index contributed by atoms with van der Waals surface area (Å²) >= 11 is 0. The number of anilines is 1. The maximum absolute atomic E-state index is 12.3. The lowest BCUT2D eigenvalue weighted by Crippen LogP contribution is -2.23. The van der Waals surface area contributed by atoms with Gasteiger partial charge in [-0.1, -0.05) is 43.3 Å². The minimum Gasteiger partial charge on any atom is -0.493 e. The Balaban J connectivity index is 1.83. The Bertz CT molecular complexity index is 1070. The van der Waals surface area contributed by atoms with Crippen molar-refractivity contribution in [3.63, 3.8) is 0 Å². The van der Waals surface area contributed by atoms with Crippen LogP contribution in [0.15, 0.2) is 54.6 Å². The van der Waals surface area contributed by atoms with Gasteiger partial charge in [0.05, 0.1) is 7.11 Å². The highest BCUT2D eigenvalue weighted by molar-refractivity contribution is 6.01. The fourth-order valence-electron chi connectivity index (χ4n) is 3.73. The largest absolute Gasteiger partial charge is 0.493 e. The molecule has 0 spiro atoms. The van der Waals surface area contributed by atoms with Crippen molar-refractivity contribution in [2.75, 3.05) is 12.4 Å². The Morgan fingerprint density at radius 1 is 1.11 bits per heavy atom. The third-order valence-corrected chi connectivity index (χ3v) is 5.09. The zero-order valence-electron chi connectivity index (χ0n) is 15.8. The van der Waals surface area contributed by atoms with Gasteiger partial charge in [-0.3, -0.25) is 9.59 Å². The summed E-state index contributed by atoms with van der Waals surface area (Å²) in [6, 6.07) is 17.6. The monoisotopic (exact) mass is 375 g/mol. The third-order valence-electron chi connectivity index (χ3n) is 5.09. The number of esters is 1. The van der Waals surface area contributed by atoms with E-state index < -0.39 is 0 Å². The van der Waals surface area contributed by atoms with Crippen LogP contribution in [0.2, 0.25) is 0 Å². The minimum absolute atomic E-state index is 0.0202. The number of ether oxygens (including phenoxy) is 2. The maximum atomic E-state index is 12.3. The molecule has 3 aromatic carbocycles. The predicted molar refractivity (Wildman–Crippen MR) is 108 cm³/mol. The van der Waals surface area contributed by atoms with Crippen molar-refractivity contribution in [3.8, 4) is 11.5 Å². The van der Waals surface area contributed by atoms with Crippen LogP contribution in [0.1, 0.15) is 36.8 Å². The van der Waals surface area contributed by atoms with E-state index in [0.29, 0.717) is 17.9 Å². The normalized spacial score (nSPS) is 15.6. The van der Waals surface area contributed by atoms with Crippen LogP contribution in [-0.4, -0.2) is 19.0 Å². The Morgan fingerprint density at radius 2 is 1.93 bits per heavy atom. The van der Waals surface area contributed by atoms with Gasteiger partial charge in [0, 0.05) is 24.4 Å². The summed E-state index contributed by atoms with van der Waals surface area (Å²) in [7, 11) is 1.54. The van der Waals surface area contributed by atoms with E-state index in [1.54, 1.807) is 20.1 Å². The summed E-state index contributed by atoms with van der Waals surface area (Å²) in [6.45, 7) is 1.74. The lowest BCUT2D eigenvalue weighted by Gasteiger charge is -2.28. The van der Waals surface area contributed by atoms with Gasteiger partial charge < -0.3 is 14.8 Å². The second kappa shape index (κ2) is 7.35. The molecule has 0 aromatic heterocycles. The molecule has 28 heavy (non-hydrogen) atoms. The molecule has 1 N–H and O–H groups in total. The van der Waals surface area contributed by atoms with Crippen LogP contribution in [-0.2, 0) is 9.59 Å². The number of benzene rings is 3. The zero-order valence-corrected chi connectivity index (χ0v) is 15.8. The van der Waals surface area contributed by atoms with E-state index in [1.807, 2.05) is 36.4 Å². The van der Waals surface area contributed by atoms with Crippen molar-refractivity contribution in [1.29, 1.82) is 0 Å². The summed E-state index contributed by atoms with van der Waals surface area (Å²) in [5.41, 5.74) is 2.87. The molecular weight excluding hydrogens is 354 g/mol. The second-order valence-corrected chi connectivity index (χ2v) is 6.79. The number of methoxy groups -OCH3 is 1. The quantitative estimate of drug-likeness (QED) is 0.533. The Hall–Kier alpha value is -3.34. The molecule has 0 saturated carbocycles. The highest BCUT2D eigenvalue weighted by atomic mass is 16.6. The van der Waals surface area contributed by atoms with Gasteiger partial charge in [0.25, 0.3) is 0 Å². The van der Waals surface area contributed by atoms with Crippen LogP contribution < -0.4 is 14.8 Å². The summed E-state index contributed by atoms with van der Waals surface area (Å²) in [5, 5.41) is 5.23. The smallest absolute Gasteiger partial charge is 0.311 e. The summed E-state index contributed by atoms with van der Waals surface area (Å²) in [5.74, 6) is 0.413. The minimum atomic E-state index is -0.320. The van der Waals surface area contributed by atoms with Gasteiger partial charge in [-0.15, -0.1) is 0 Å². The number of hydrogen-bond donors (Lipinski definition) is 1. The van der Waals surface area contributed by atoms with Gasteiger partial charge in [0.15, 0.2) is 11.5 Å². The van der Waals surface area contributed by atoms with Crippen LogP contribution in [0.4, 0.5) is 5.69 Å². The average molecular weight is 375 g/mol. The summed E-state index contributed by atoms with van der Waals surface area (Å²) in [4.78, 5) is 24.0. The first kappa shape index (κ1) is 18.0. The third kappa shape index (κ3) is 3.20. The van der Waals surface area contributed by atoms with Crippen molar-refractivity contribution in [2.45, 2.75) is 25.7 Å². The Morgan fingerprint density at radius 3 is 2.71 bits per heavy atom. The number of fused-ring (bicyclic) bond motifs is 3. The lowest BCUT2D eigenvalue weighted by molar-refractivity contribution is -0.134. The predicted octanol–water partition coefficient (Wildman–Crippen LogP) is 4.64. The van der Waals surface area contributed by atoms with Crippen LogP contribution >= 0.6 is 0 Å². The van der Waals surface area contributed by atoms with Gasteiger partial charge in [-0.05, 0) is 40.1 Å². The highest BCUT2D eigenvalue weighted by Gasteiger charge is 2.29. The van der Waals surface area contributed by atoms with Crippen LogP contribution in [0.25, 0.3) is 10.8 Å². The molecule has 1 unspecified atom stereocenters. The van der Waals surface area contributed by atoms with Crippen LogP contribution in [0.5, 0.6) is 11.5 Å². The topological polar surface area (TPSA) is 64.6 Å². The lowest BCUT2D eigenvalue weighted by atomic mass is 9.82. The molecule has 4 rings (SSSR count). The summed E-state index contributed by atoms with van der Waals surface area (Å²) in [6.07, 6.45) is 0.630. The van der Waals surface area contributed by atoms with Gasteiger partial charge in [-0.25, -0.2) is 0 Å². The van der Waals surface area contributed by atoms with E-state index in [2.05, 4.69) is 17.4 Å². The number of hydrogen-bond acceptors (Lipinski definition) is 4. The fourth-order valence-corrected chi connectivity index (χ4v) is 3.73. The molecule has 0 aliphatic carbocycles. The molecule has 0 saturated heterocycles. The number of nitrogens with one attached hydrogen (secondary N) is 1. The van der Waals surface area contributed by atoms with Crippen molar-refractivity contribution < 1.29 is 19.1 Å². The number of rotatable bonds is 4. The molecule has 0 bridgehead atoms. The van der Waals surface area contributed by atoms with E-state index in [-0.39, 0.29) is 24.2 Å². The molecule has 1 aliphatic rings. The number of amides is 1. The molecule has 1 amide bonds. The van der Waals surface area contributed by atoms with E-state index in [4.69, 9.17) is 9.47 Å². The van der Waals surface area contributed by atoms with Crippen molar-refractivity contribution in [3.05, 3.63) is 65.7 Å². The van der Waals surface area contributed by atoms with Gasteiger partial charge in [0.1, 0.15) is 0 Å². The maximum Gasteiger partial charge on any atom is 0.311 e. The number of carbonyl (C=O) groups is 2. The van der Waals surface area contributed by atoms with E-state index in [0.717, 1.165) is 27.6 Å². The molecule has 1 aliphatic heterocycles.